The molecular formula is C18H23NO5S2. The van der Waals surface area contributed by atoms with Crippen molar-refractivity contribution < 1.29 is 22.7 Å². The van der Waals surface area contributed by atoms with Gasteiger partial charge in [0.05, 0.1) is 17.3 Å². The molecule has 1 atom stereocenters. The zero-order valence-electron chi connectivity index (χ0n) is 14.8. The van der Waals surface area contributed by atoms with E-state index in [9.17, 15) is 18.0 Å². The van der Waals surface area contributed by atoms with Gasteiger partial charge in [0.2, 0.25) is 0 Å². The number of thioether (sulfide) groups is 1. The van der Waals surface area contributed by atoms with Gasteiger partial charge in [0.1, 0.15) is 0 Å². The molecule has 1 aliphatic carbocycles. The first-order valence-corrected chi connectivity index (χ1v) is 11.5. The predicted octanol–water partition coefficient (Wildman–Crippen LogP) is 1.46. The lowest BCUT2D eigenvalue weighted by molar-refractivity contribution is -0.150. The summed E-state index contributed by atoms with van der Waals surface area (Å²) in [7, 11) is -1.50. The van der Waals surface area contributed by atoms with Gasteiger partial charge in [-0.1, -0.05) is 6.07 Å². The number of hydrogen-bond donors (Lipinski definition) is 0. The molecule has 1 aliphatic heterocycles. The third-order valence-electron chi connectivity index (χ3n) is 4.93. The Morgan fingerprint density at radius 3 is 2.77 bits per heavy atom. The summed E-state index contributed by atoms with van der Waals surface area (Å²) >= 11 is 1.40. The second kappa shape index (κ2) is 8.00. The van der Waals surface area contributed by atoms with E-state index in [2.05, 4.69) is 12.1 Å². The van der Waals surface area contributed by atoms with Crippen LogP contribution < -0.4 is 0 Å². The van der Waals surface area contributed by atoms with Crippen molar-refractivity contribution in [2.75, 3.05) is 30.9 Å². The number of rotatable bonds is 6. The van der Waals surface area contributed by atoms with E-state index in [-0.39, 0.29) is 35.8 Å². The van der Waals surface area contributed by atoms with Gasteiger partial charge in [-0.25, -0.2) is 8.42 Å². The highest BCUT2D eigenvalue weighted by Crippen LogP contribution is 2.27. The maximum Gasteiger partial charge on any atom is 0.316 e. The molecule has 1 saturated heterocycles. The maximum absolute atomic E-state index is 12.1. The summed E-state index contributed by atoms with van der Waals surface area (Å²) in [6.07, 6.45) is 3.84. The molecule has 8 heteroatoms. The first kappa shape index (κ1) is 19.2. The first-order valence-electron chi connectivity index (χ1n) is 8.70. The molecule has 0 unspecified atom stereocenters. The summed E-state index contributed by atoms with van der Waals surface area (Å²) in [4.78, 5) is 26.4. The van der Waals surface area contributed by atoms with Crippen LogP contribution in [0.15, 0.2) is 23.1 Å². The number of aryl methyl sites for hydroxylation is 2. The van der Waals surface area contributed by atoms with Gasteiger partial charge >= 0.3 is 5.97 Å². The summed E-state index contributed by atoms with van der Waals surface area (Å²) in [6.45, 7) is -0.351. The fourth-order valence-corrected chi connectivity index (χ4v) is 5.88. The normalized spacial score (nSPS) is 20.6. The van der Waals surface area contributed by atoms with Gasteiger partial charge in [0, 0.05) is 18.0 Å². The smallest absolute Gasteiger partial charge is 0.316 e. The average molecular weight is 398 g/mol. The molecule has 0 radical (unpaired) electrons. The molecule has 6 nitrogen and oxygen atoms in total. The van der Waals surface area contributed by atoms with Gasteiger partial charge in [-0.2, -0.15) is 0 Å². The molecule has 0 bridgehead atoms. The minimum absolute atomic E-state index is 0.0165. The second-order valence-electron chi connectivity index (χ2n) is 6.79. The summed E-state index contributed by atoms with van der Waals surface area (Å²) < 4.78 is 28.0. The fourth-order valence-electron chi connectivity index (χ4n) is 3.35. The van der Waals surface area contributed by atoms with Crippen molar-refractivity contribution in [2.24, 2.45) is 0 Å². The van der Waals surface area contributed by atoms with Crippen molar-refractivity contribution in [1.82, 2.24) is 4.90 Å². The van der Waals surface area contributed by atoms with E-state index in [1.54, 1.807) is 7.05 Å². The van der Waals surface area contributed by atoms with Crippen LogP contribution in [0.1, 0.15) is 24.0 Å². The standard InChI is InChI=1S/C18H23NO5S2/c1-19(15-7-8-26(22,23)12-15)17(20)10-24-18(21)11-25-16-6-5-13-3-2-4-14(13)9-16/h5-6,9,15H,2-4,7-8,10-12H2,1H3/t15-/m0/s1. The van der Waals surface area contributed by atoms with Gasteiger partial charge in [-0.3, -0.25) is 9.59 Å². The van der Waals surface area contributed by atoms with Crippen LogP contribution in [0.4, 0.5) is 0 Å². The number of sulfone groups is 1. The van der Waals surface area contributed by atoms with E-state index in [1.165, 1.54) is 34.2 Å². The van der Waals surface area contributed by atoms with Crippen molar-refractivity contribution in [3.05, 3.63) is 29.3 Å². The van der Waals surface area contributed by atoms with E-state index in [1.807, 2.05) is 6.07 Å². The molecule has 1 aromatic rings. The molecule has 0 spiro atoms. The molecule has 1 amide bonds. The van der Waals surface area contributed by atoms with Crippen molar-refractivity contribution in [2.45, 2.75) is 36.6 Å². The third-order valence-corrected chi connectivity index (χ3v) is 7.65. The van der Waals surface area contributed by atoms with Crippen molar-refractivity contribution in [3.8, 4) is 0 Å². The van der Waals surface area contributed by atoms with E-state index < -0.39 is 15.8 Å². The van der Waals surface area contributed by atoms with Crippen molar-refractivity contribution in [1.29, 1.82) is 0 Å². The number of likely N-dealkylation sites (N-methyl/N-ethyl adjacent to an activating group) is 1. The van der Waals surface area contributed by atoms with E-state index >= 15 is 0 Å². The van der Waals surface area contributed by atoms with Crippen LogP contribution >= 0.6 is 11.8 Å². The van der Waals surface area contributed by atoms with Crippen LogP contribution in [0.5, 0.6) is 0 Å². The summed E-state index contributed by atoms with van der Waals surface area (Å²) in [5, 5.41) is 0. The Morgan fingerprint density at radius 1 is 1.27 bits per heavy atom. The van der Waals surface area contributed by atoms with Crippen LogP contribution in [-0.4, -0.2) is 62.1 Å². The van der Waals surface area contributed by atoms with Crippen molar-refractivity contribution >= 4 is 33.5 Å². The van der Waals surface area contributed by atoms with Crippen LogP contribution in [0.2, 0.25) is 0 Å². The van der Waals surface area contributed by atoms with Gasteiger partial charge in [-0.15, -0.1) is 11.8 Å². The van der Waals surface area contributed by atoms with Gasteiger partial charge in [-0.05, 0) is 48.9 Å². The molecule has 0 aromatic heterocycles. The van der Waals surface area contributed by atoms with Crippen LogP contribution in [-0.2, 0) is 37.0 Å². The SMILES string of the molecule is CN(C(=O)COC(=O)CSc1ccc2c(c1)CCC2)[C@H]1CCS(=O)(=O)C1. The lowest BCUT2D eigenvalue weighted by Crippen LogP contribution is -2.40. The average Bonchev–Trinajstić information content (AvgIpc) is 3.22. The Morgan fingerprint density at radius 2 is 2.04 bits per heavy atom. The summed E-state index contributed by atoms with van der Waals surface area (Å²) in [5.41, 5.74) is 2.74. The van der Waals surface area contributed by atoms with Gasteiger partial charge < -0.3 is 9.64 Å². The summed E-state index contributed by atoms with van der Waals surface area (Å²) in [6, 6.07) is 5.93. The molecule has 0 N–H and O–H groups in total. The van der Waals surface area contributed by atoms with E-state index in [0.717, 1.165) is 17.7 Å². The molecule has 3 rings (SSSR count). The lowest BCUT2D eigenvalue weighted by atomic mass is 10.1. The number of amides is 1. The fraction of sp³-hybridized carbons (Fsp3) is 0.556. The predicted molar refractivity (Wildman–Crippen MR) is 100.0 cm³/mol. The monoisotopic (exact) mass is 397 g/mol. The molecular weight excluding hydrogens is 374 g/mol. The van der Waals surface area contributed by atoms with Crippen LogP contribution in [0, 0.1) is 0 Å². The molecule has 1 fully saturated rings. The molecule has 2 aliphatic rings. The number of carbonyl (C=O) groups is 2. The third kappa shape index (κ3) is 4.79. The highest BCUT2D eigenvalue weighted by molar-refractivity contribution is 8.00. The number of esters is 1. The van der Waals surface area contributed by atoms with E-state index in [4.69, 9.17) is 4.74 Å². The number of benzene rings is 1. The maximum atomic E-state index is 12.1. The Kier molecular flexibility index (Phi) is 5.92. The van der Waals surface area contributed by atoms with Crippen LogP contribution in [0.3, 0.4) is 0 Å². The highest BCUT2D eigenvalue weighted by Gasteiger charge is 2.32. The van der Waals surface area contributed by atoms with Crippen molar-refractivity contribution in [3.63, 3.8) is 0 Å². The molecule has 1 heterocycles. The molecule has 142 valence electrons. The number of hydrogen-bond acceptors (Lipinski definition) is 6. The number of ether oxygens (including phenoxy) is 1. The minimum atomic E-state index is -3.05. The molecule has 0 saturated carbocycles. The Labute approximate surface area is 158 Å². The molecule has 26 heavy (non-hydrogen) atoms. The molecule has 1 aromatic carbocycles. The van der Waals surface area contributed by atoms with Crippen LogP contribution in [0.25, 0.3) is 0 Å². The topological polar surface area (TPSA) is 80.8 Å². The van der Waals surface area contributed by atoms with Gasteiger partial charge in [0.25, 0.3) is 5.91 Å². The Hall–Kier alpha value is -1.54. The van der Waals surface area contributed by atoms with Gasteiger partial charge in [0.15, 0.2) is 16.4 Å². The number of carbonyl (C=O) groups excluding carboxylic acids is 2. The van der Waals surface area contributed by atoms with E-state index in [0.29, 0.717) is 6.42 Å². The highest BCUT2D eigenvalue weighted by atomic mass is 32.2. The zero-order valence-corrected chi connectivity index (χ0v) is 16.4. The lowest BCUT2D eigenvalue weighted by Gasteiger charge is -2.23. The quantitative estimate of drug-likeness (QED) is 0.534. The number of nitrogens with zero attached hydrogens (tertiary/aromatic N) is 1. The minimum Gasteiger partial charge on any atom is -0.455 e. The zero-order chi connectivity index (χ0) is 18.7. The largest absolute Gasteiger partial charge is 0.455 e. The summed E-state index contributed by atoms with van der Waals surface area (Å²) in [5.74, 6) is -0.587. The number of fused-ring (bicyclic) bond motifs is 1. The first-order chi connectivity index (χ1) is 12.3. The second-order valence-corrected chi connectivity index (χ2v) is 10.1. The Bertz CT molecular complexity index is 806. The Balaban J connectivity index is 1.41.